The molecule has 2 saturated heterocycles. The maximum atomic E-state index is 12.8. The molecule has 1 unspecified atom stereocenters. The molecule has 1 amide bonds. The van der Waals surface area contributed by atoms with E-state index in [1.165, 1.54) is 6.42 Å². The molecule has 0 aromatic carbocycles. The second-order valence-electron chi connectivity index (χ2n) is 6.62. The summed E-state index contributed by atoms with van der Waals surface area (Å²) in [5, 5.41) is 11.9. The minimum Gasteiger partial charge on any atom is -0.337 e. The number of likely N-dealkylation sites (tertiary alicyclic amines) is 1. The molecule has 0 spiro atoms. The minimum atomic E-state index is 0.0656. The first-order chi connectivity index (χ1) is 10.7. The number of nitrogens with one attached hydrogen (secondary N) is 1. The second kappa shape index (κ2) is 6.77. The summed E-state index contributed by atoms with van der Waals surface area (Å²) < 4.78 is 1.97. The molecule has 0 saturated carbocycles. The highest BCUT2D eigenvalue weighted by Crippen LogP contribution is 2.23. The Hall–Kier alpha value is -1.43. The highest BCUT2D eigenvalue weighted by molar-refractivity contribution is 5.93. The van der Waals surface area contributed by atoms with Gasteiger partial charge in [-0.25, -0.2) is 4.68 Å². The van der Waals surface area contributed by atoms with Gasteiger partial charge in [-0.1, -0.05) is 18.6 Å². The van der Waals surface area contributed by atoms with E-state index in [0.717, 1.165) is 57.6 Å². The van der Waals surface area contributed by atoms with Crippen LogP contribution in [0.5, 0.6) is 0 Å². The standard InChI is InChI=1S/C16H27N5O/c1-3-13-5-4-10-20(11-13)16(22)15-12(2)21(19-18-15)14-6-8-17-9-7-14/h13-14,17H,3-11H2,1-2H3. The monoisotopic (exact) mass is 305 g/mol. The lowest BCUT2D eigenvalue weighted by Crippen LogP contribution is -2.40. The largest absolute Gasteiger partial charge is 0.337 e. The molecule has 0 radical (unpaired) electrons. The summed E-state index contributed by atoms with van der Waals surface area (Å²) in [6.07, 6.45) is 5.59. The molecule has 22 heavy (non-hydrogen) atoms. The summed E-state index contributed by atoms with van der Waals surface area (Å²) in [5.41, 5.74) is 1.48. The zero-order chi connectivity index (χ0) is 15.5. The van der Waals surface area contributed by atoms with Crippen LogP contribution in [0.2, 0.25) is 0 Å². The van der Waals surface area contributed by atoms with Crippen molar-refractivity contribution in [1.82, 2.24) is 25.2 Å². The highest BCUT2D eigenvalue weighted by Gasteiger charge is 2.28. The van der Waals surface area contributed by atoms with Crippen molar-refractivity contribution in [3.63, 3.8) is 0 Å². The Balaban J connectivity index is 1.74. The number of carbonyl (C=O) groups is 1. The zero-order valence-electron chi connectivity index (χ0n) is 13.7. The van der Waals surface area contributed by atoms with Crippen molar-refractivity contribution < 1.29 is 4.79 Å². The SMILES string of the molecule is CCC1CCCN(C(=O)c2nnn(C3CCNCC3)c2C)C1. The number of amides is 1. The molecule has 1 aromatic heterocycles. The van der Waals surface area contributed by atoms with Crippen molar-refractivity contribution in [3.8, 4) is 0 Å². The Labute approximate surface area is 132 Å². The average Bonchev–Trinajstić information content (AvgIpc) is 2.96. The molecule has 122 valence electrons. The summed E-state index contributed by atoms with van der Waals surface area (Å²) in [4.78, 5) is 14.7. The van der Waals surface area contributed by atoms with Crippen LogP contribution >= 0.6 is 0 Å². The molecule has 3 heterocycles. The fraction of sp³-hybridized carbons (Fsp3) is 0.812. The number of hydrogen-bond donors (Lipinski definition) is 1. The number of rotatable bonds is 3. The third-order valence-corrected chi connectivity index (χ3v) is 5.17. The molecule has 0 aliphatic carbocycles. The van der Waals surface area contributed by atoms with Crippen LogP contribution in [0.1, 0.15) is 61.3 Å². The van der Waals surface area contributed by atoms with Crippen molar-refractivity contribution in [2.75, 3.05) is 26.2 Å². The van der Waals surface area contributed by atoms with E-state index >= 15 is 0 Å². The van der Waals surface area contributed by atoms with E-state index < -0.39 is 0 Å². The van der Waals surface area contributed by atoms with Crippen LogP contribution in [0.3, 0.4) is 0 Å². The van der Waals surface area contributed by atoms with Crippen molar-refractivity contribution in [2.45, 2.75) is 52.0 Å². The lowest BCUT2D eigenvalue weighted by Gasteiger charge is -2.32. The molecule has 0 bridgehead atoms. The van der Waals surface area contributed by atoms with Crippen LogP contribution in [0, 0.1) is 12.8 Å². The van der Waals surface area contributed by atoms with Crippen LogP contribution in [0.25, 0.3) is 0 Å². The van der Waals surface area contributed by atoms with Crippen molar-refractivity contribution in [1.29, 1.82) is 0 Å². The Kier molecular flexibility index (Phi) is 4.76. The van der Waals surface area contributed by atoms with E-state index in [1.807, 2.05) is 16.5 Å². The lowest BCUT2D eigenvalue weighted by molar-refractivity contribution is 0.0664. The van der Waals surface area contributed by atoms with E-state index in [9.17, 15) is 4.79 Å². The quantitative estimate of drug-likeness (QED) is 0.924. The third-order valence-electron chi connectivity index (χ3n) is 5.17. The van der Waals surface area contributed by atoms with E-state index in [-0.39, 0.29) is 5.91 Å². The molecule has 1 N–H and O–H groups in total. The fourth-order valence-electron chi connectivity index (χ4n) is 3.67. The predicted octanol–water partition coefficient (Wildman–Crippen LogP) is 1.77. The van der Waals surface area contributed by atoms with Gasteiger partial charge in [-0.15, -0.1) is 5.10 Å². The smallest absolute Gasteiger partial charge is 0.276 e. The first kappa shape index (κ1) is 15.5. The van der Waals surface area contributed by atoms with Gasteiger partial charge in [-0.05, 0) is 51.6 Å². The van der Waals surface area contributed by atoms with Gasteiger partial charge in [0.1, 0.15) is 0 Å². The van der Waals surface area contributed by atoms with Gasteiger partial charge in [0.25, 0.3) is 5.91 Å². The summed E-state index contributed by atoms with van der Waals surface area (Å²) in [6.45, 7) is 7.94. The number of piperidine rings is 2. The molecule has 6 heteroatoms. The first-order valence-corrected chi connectivity index (χ1v) is 8.62. The second-order valence-corrected chi connectivity index (χ2v) is 6.62. The molecule has 1 aromatic rings. The predicted molar refractivity (Wildman–Crippen MR) is 84.8 cm³/mol. The molecule has 6 nitrogen and oxygen atoms in total. The topological polar surface area (TPSA) is 63.1 Å². The summed E-state index contributed by atoms with van der Waals surface area (Å²) in [5.74, 6) is 0.702. The normalized spacial score (nSPS) is 23.7. The molecule has 2 fully saturated rings. The maximum absolute atomic E-state index is 12.8. The molecule has 3 rings (SSSR count). The Morgan fingerprint density at radius 1 is 1.32 bits per heavy atom. The molecular weight excluding hydrogens is 278 g/mol. The van der Waals surface area contributed by atoms with Crippen LogP contribution < -0.4 is 5.32 Å². The van der Waals surface area contributed by atoms with Crippen molar-refractivity contribution >= 4 is 5.91 Å². The van der Waals surface area contributed by atoms with Gasteiger partial charge in [0.15, 0.2) is 5.69 Å². The summed E-state index contributed by atoms with van der Waals surface area (Å²) in [6, 6.07) is 0.375. The van der Waals surface area contributed by atoms with Crippen LogP contribution in [-0.4, -0.2) is 52.0 Å². The van der Waals surface area contributed by atoms with Crippen LogP contribution in [0.15, 0.2) is 0 Å². The van der Waals surface area contributed by atoms with Gasteiger partial charge in [0, 0.05) is 13.1 Å². The molecular formula is C16H27N5O. The highest BCUT2D eigenvalue weighted by atomic mass is 16.2. The van der Waals surface area contributed by atoms with Gasteiger partial charge < -0.3 is 10.2 Å². The molecule has 1 atom stereocenters. The van der Waals surface area contributed by atoms with Gasteiger partial charge in [-0.3, -0.25) is 4.79 Å². The van der Waals surface area contributed by atoms with Gasteiger partial charge in [-0.2, -0.15) is 0 Å². The van der Waals surface area contributed by atoms with Gasteiger partial charge in [0.05, 0.1) is 11.7 Å². The molecule has 2 aliphatic rings. The number of hydrogen-bond acceptors (Lipinski definition) is 4. The van der Waals surface area contributed by atoms with Crippen LogP contribution in [-0.2, 0) is 0 Å². The van der Waals surface area contributed by atoms with Gasteiger partial charge in [0.2, 0.25) is 0 Å². The summed E-state index contributed by atoms with van der Waals surface area (Å²) >= 11 is 0. The first-order valence-electron chi connectivity index (χ1n) is 8.62. The third kappa shape index (κ3) is 3.02. The van der Waals surface area contributed by atoms with Crippen molar-refractivity contribution in [2.24, 2.45) is 5.92 Å². The van der Waals surface area contributed by atoms with E-state index in [1.54, 1.807) is 0 Å². The number of carbonyl (C=O) groups excluding carboxylic acids is 1. The fourth-order valence-corrected chi connectivity index (χ4v) is 3.67. The van der Waals surface area contributed by atoms with E-state index in [0.29, 0.717) is 17.7 Å². The summed E-state index contributed by atoms with van der Waals surface area (Å²) in [7, 11) is 0. The Bertz CT molecular complexity index is 521. The zero-order valence-corrected chi connectivity index (χ0v) is 13.7. The Morgan fingerprint density at radius 3 is 2.82 bits per heavy atom. The maximum Gasteiger partial charge on any atom is 0.276 e. The van der Waals surface area contributed by atoms with Crippen molar-refractivity contribution in [3.05, 3.63) is 11.4 Å². The van der Waals surface area contributed by atoms with E-state index in [4.69, 9.17) is 0 Å². The molecule has 2 aliphatic heterocycles. The Morgan fingerprint density at radius 2 is 2.09 bits per heavy atom. The lowest BCUT2D eigenvalue weighted by atomic mass is 9.95. The van der Waals surface area contributed by atoms with Crippen LogP contribution in [0.4, 0.5) is 0 Å². The van der Waals surface area contributed by atoms with E-state index in [2.05, 4.69) is 22.6 Å². The average molecular weight is 305 g/mol. The minimum absolute atomic E-state index is 0.0656. The van der Waals surface area contributed by atoms with Gasteiger partial charge >= 0.3 is 0 Å². The number of nitrogens with zero attached hydrogens (tertiary/aromatic N) is 4. The number of aromatic nitrogens is 3.